The maximum absolute atomic E-state index is 6.04. The van der Waals surface area contributed by atoms with Gasteiger partial charge in [0.25, 0.3) is 0 Å². The number of fused-ring (bicyclic) bond motifs is 1. The van der Waals surface area contributed by atoms with Crippen LogP contribution in [0.25, 0.3) is 10.2 Å². The summed E-state index contributed by atoms with van der Waals surface area (Å²) in [7, 11) is 0. The smallest absolute Gasteiger partial charge is 0.0832 e. The predicted octanol–water partition coefficient (Wildman–Crippen LogP) is 3.44. The van der Waals surface area contributed by atoms with Gasteiger partial charge in [0.15, 0.2) is 0 Å². The van der Waals surface area contributed by atoms with Gasteiger partial charge in [0.1, 0.15) is 0 Å². The highest BCUT2D eigenvalue weighted by Crippen LogP contribution is 2.33. The van der Waals surface area contributed by atoms with Gasteiger partial charge in [-0.2, -0.15) is 0 Å². The molecule has 3 nitrogen and oxygen atoms in total. The fraction of sp³-hybridized carbons (Fsp3) is 0.385. The van der Waals surface area contributed by atoms with E-state index in [1.165, 1.54) is 30.4 Å². The fourth-order valence-electron chi connectivity index (χ4n) is 2.35. The van der Waals surface area contributed by atoms with Gasteiger partial charge in [-0.1, -0.05) is 0 Å². The number of nitrogens with zero attached hydrogens (tertiary/aromatic N) is 1. The van der Waals surface area contributed by atoms with Gasteiger partial charge in [0, 0.05) is 6.04 Å². The first-order chi connectivity index (χ1) is 8.34. The van der Waals surface area contributed by atoms with Crippen molar-refractivity contribution in [2.45, 2.75) is 31.7 Å². The predicted molar refractivity (Wildman–Crippen MR) is 74.2 cm³/mol. The highest BCUT2D eigenvalue weighted by atomic mass is 32.1. The highest BCUT2D eigenvalue weighted by molar-refractivity contribution is 7.17. The summed E-state index contributed by atoms with van der Waals surface area (Å²) >= 11 is 1.70. The molecule has 0 saturated heterocycles. The van der Waals surface area contributed by atoms with Crippen LogP contribution in [0.1, 0.15) is 25.7 Å². The number of rotatable bonds is 2. The minimum Gasteiger partial charge on any atom is -0.396 e. The molecule has 1 saturated carbocycles. The summed E-state index contributed by atoms with van der Waals surface area (Å²) in [4.78, 5) is 4.33. The van der Waals surface area contributed by atoms with Crippen molar-refractivity contribution >= 4 is 32.9 Å². The first-order valence-electron chi connectivity index (χ1n) is 6.04. The molecule has 2 aromatic heterocycles. The standard InChI is InChI=1S/C13H16N3S/c14-10-8-15-11-6-7-17-13(11)12(10)16-9-4-2-1-3-5-9/h1,6-9H,2-5,14H2,(H,15,16). The Bertz CT molecular complexity index is 514. The Balaban J connectivity index is 1.92. The molecule has 0 amide bonds. The Hall–Kier alpha value is -1.29. The molecule has 0 atom stereocenters. The average molecular weight is 246 g/mol. The van der Waals surface area contributed by atoms with Crippen LogP contribution in [0.3, 0.4) is 0 Å². The Morgan fingerprint density at radius 3 is 3.00 bits per heavy atom. The number of nitrogens with one attached hydrogen (secondary N) is 1. The first kappa shape index (κ1) is 10.8. The molecule has 1 radical (unpaired) electrons. The Kier molecular flexibility index (Phi) is 2.89. The molecule has 0 aromatic carbocycles. The lowest BCUT2D eigenvalue weighted by atomic mass is 9.95. The molecule has 17 heavy (non-hydrogen) atoms. The van der Waals surface area contributed by atoms with E-state index in [1.54, 1.807) is 17.5 Å². The fourth-order valence-corrected chi connectivity index (χ4v) is 3.22. The van der Waals surface area contributed by atoms with Crippen molar-refractivity contribution in [1.29, 1.82) is 0 Å². The molecule has 89 valence electrons. The van der Waals surface area contributed by atoms with Crippen LogP contribution in [0, 0.1) is 6.42 Å². The molecule has 3 rings (SSSR count). The van der Waals surface area contributed by atoms with E-state index < -0.39 is 0 Å². The third-order valence-electron chi connectivity index (χ3n) is 3.29. The Labute approximate surface area is 105 Å². The first-order valence-corrected chi connectivity index (χ1v) is 6.92. The Morgan fingerprint density at radius 1 is 1.35 bits per heavy atom. The number of nitrogen functional groups attached to an aromatic ring is 1. The summed E-state index contributed by atoms with van der Waals surface area (Å²) in [5, 5.41) is 5.67. The lowest BCUT2D eigenvalue weighted by molar-refractivity contribution is 0.535. The van der Waals surface area contributed by atoms with Crippen molar-refractivity contribution in [2.75, 3.05) is 11.1 Å². The normalized spacial score (nSPS) is 17.4. The van der Waals surface area contributed by atoms with Crippen LogP contribution in [0.4, 0.5) is 11.4 Å². The minimum atomic E-state index is 0.551. The van der Waals surface area contributed by atoms with Crippen LogP contribution in [-0.4, -0.2) is 11.0 Å². The van der Waals surface area contributed by atoms with E-state index in [2.05, 4.69) is 22.1 Å². The zero-order valence-corrected chi connectivity index (χ0v) is 10.5. The van der Waals surface area contributed by atoms with Gasteiger partial charge in [-0.25, -0.2) is 0 Å². The molecule has 0 bridgehead atoms. The molecule has 4 heteroatoms. The van der Waals surface area contributed by atoms with Gasteiger partial charge < -0.3 is 11.1 Å². The van der Waals surface area contributed by atoms with Crippen molar-refractivity contribution in [2.24, 2.45) is 0 Å². The zero-order valence-electron chi connectivity index (χ0n) is 9.65. The lowest BCUT2D eigenvalue weighted by Gasteiger charge is -2.24. The number of pyridine rings is 1. The van der Waals surface area contributed by atoms with Crippen molar-refractivity contribution in [3.05, 3.63) is 24.1 Å². The molecule has 0 unspecified atom stereocenters. The summed E-state index contributed by atoms with van der Waals surface area (Å²) in [6.45, 7) is 0. The molecular weight excluding hydrogens is 230 g/mol. The average Bonchev–Trinajstić information content (AvgIpc) is 2.83. The van der Waals surface area contributed by atoms with Crippen LogP contribution in [-0.2, 0) is 0 Å². The molecule has 0 aliphatic heterocycles. The quantitative estimate of drug-likeness (QED) is 0.853. The summed E-state index contributed by atoms with van der Waals surface area (Å²) < 4.78 is 1.18. The van der Waals surface area contributed by atoms with Gasteiger partial charge in [-0.3, -0.25) is 4.98 Å². The molecule has 2 aromatic rings. The summed E-state index contributed by atoms with van der Waals surface area (Å²) in [6, 6.07) is 2.59. The van der Waals surface area contributed by atoms with Crippen LogP contribution in [0.5, 0.6) is 0 Å². The van der Waals surface area contributed by atoms with E-state index in [9.17, 15) is 0 Å². The molecule has 2 heterocycles. The number of hydrogen-bond acceptors (Lipinski definition) is 4. The van der Waals surface area contributed by atoms with E-state index in [0.717, 1.165) is 16.9 Å². The monoisotopic (exact) mass is 246 g/mol. The molecule has 0 spiro atoms. The lowest BCUT2D eigenvalue weighted by Crippen LogP contribution is -2.23. The Morgan fingerprint density at radius 2 is 2.18 bits per heavy atom. The third-order valence-corrected chi connectivity index (χ3v) is 4.21. The maximum Gasteiger partial charge on any atom is 0.0832 e. The molecule has 1 aliphatic rings. The van der Waals surface area contributed by atoms with Gasteiger partial charge in [-0.05, 0) is 43.6 Å². The second kappa shape index (κ2) is 4.53. The second-order valence-electron chi connectivity index (χ2n) is 4.51. The molecule has 3 N–H and O–H groups in total. The molecule has 1 aliphatic carbocycles. The maximum atomic E-state index is 6.04. The number of anilines is 2. The van der Waals surface area contributed by atoms with Crippen LogP contribution >= 0.6 is 11.3 Å². The zero-order chi connectivity index (χ0) is 11.7. The van der Waals surface area contributed by atoms with Gasteiger partial charge in [0.2, 0.25) is 0 Å². The van der Waals surface area contributed by atoms with Crippen LogP contribution < -0.4 is 11.1 Å². The van der Waals surface area contributed by atoms with Crippen molar-refractivity contribution in [3.63, 3.8) is 0 Å². The number of thiophene rings is 1. The van der Waals surface area contributed by atoms with E-state index in [-0.39, 0.29) is 0 Å². The SMILES string of the molecule is Nc1cnc2ccsc2c1NC1CC[CH]CC1. The van der Waals surface area contributed by atoms with E-state index in [4.69, 9.17) is 5.73 Å². The van der Waals surface area contributed by atoms with Gasteiger partial charge >= 0.3 is 0 Å². The summed E-state index contributed by atoms with van der Waals surface area (Å²) in [5.74, 6) is 0. The third kappa shape index (κ3) is 2.09. The summed E-state index contributed by atoms with van der Waals surface area (Å²) in [5.41, 5.74) is 8.91. The summed E-state index contributed by atoms with van der Waals surface area (Å²) in [6.07, 6.45) is 8.94. The number of hydrogen-bond donors (Lipinski definition) is 2. The topological polar surface area (TPSA) is 50.9 Å². The number of aromatic nitrogens is 1. The van der Waals surface area contributed by atoms with E-state index in [1.807, 2.05) is 6.07 Å². The van der Waals surface area contributed by atoms with Crippen molar-refractivity contribution < 1.29 is 0 Å². The second-order valence-corrected chi connectivity index (χ2v) is 5.42. The minimum absolute atomic E-state index is 0.551. The van der Waals surface area contributed by atoms with Crippen LogP contribution in [0.15, 0.2) is 17.6 Å². The van der Waals surface area contributed by atoms with Crippen LogP contribution in [0.2, 0.25) is 0 Å². The molecular formula is C13H16N3S. The van der Waals surface area contributed by atoms with Gasteiger partial charge in [-0.15, -0.1) is 11.3 Å². The van der Waals surface area contributed by atoms with E-state index in [0.29, 0.717) is 6.04 Å². The molecule has 1 fully saturated rings. The van der Waals surface area contributed by atoms with Crippen molar-refractivity contribution in [1.82, 2.24) is 4.98 Å². The number of nitrogens with two attached hydrogens (primary N) is 1. The highest BCUT2D eigenvalue weighted by Gasteiger charge is 2.16. The van der Waals surface area contributed by atoms with Crippen molar-refractivity contribution in [3.8, 4) is 0 Å². The van der Waals surface area contributed by atoms with E-state index >= 15 is 0 Å². The largest absolute Gasteiger partial charge is 0.396 e. The van der Waals surface area contributed by atoms with Gasteiger partial charge in [0.05, 0.1) is 27.8 Å².